The van der Waals surface area contributed by atoms with Crippen LogP contribution in [0.15, 0.2) is 50.7 Å². The summed E-state index contributed by atoms with van der Waals surface area (Å²) in [6.07, 6.45) is 3.31. The molecule has 28 heavy (non-hydrogen) atoms. The molecule has 0 bridgehead atoms. The summed E-state index contributed by atoms with van der Waals surface area (Å²) in [6, 6.07) is 11.6. The molecule has 1 aliphatic heterocycles. The normalized spacial score (nSPS) is 13.9. The molecule has 3 aromatic rings. The summed E-state index contributed by atoms with van der Waals surface area (Å²) < 4.78 is 2.52. The van der Waals surface area contributed by atoms with E-state index in [0.717, 1.165) is 32.4 Å². The lowest BCUT2D eigenvalue weighted by Crippen LogP contribution is -2.16. The molecule has 7 heteroatoms. The van der Waals surface area contributed by atoms with Crippen LogP contribution >= 0.6 is 28.1 Å². The number of halogens is 1. The molecule has 4 rings (SSSR count). The Morgan fingerprint density at radius 1 is 1.18 bits per heavy atom. The zero-order valence-electron chi connectivity index (χ0n) is 15.2. The maximum atomic E-state index is 12.6. The molecule has 0 radical (unpaired) electrons. The van der Waals surface area contributed by atoms with Gasteiger partial charge in [-0.2, -0.15) is 0 Å². The highest BCUT2D eigenvalue weighted by molar-refractivity contribution is 9.10. The molecule has 2 aromatic carbocycles. The number of benzene rings is 2. The second kappa shape index (κ2) is 7.00. The Kier molecular flexibility index (Phi) is 4.64. The first-order valence-corrected chi connectivity index (χ1v) is 9.76. The highest BCUT2D eigenvalue weighted by Crippen LogP contribution is 2.35. The Morgan fingerprint density at radius 3 is 2.61 bits per heavy atom. The van der Waals surface area contributed by atoms with Gasteiger partial charge in [-0.25, -0.2) is 0 Å². The van der Waals surface area contributed by atoms with Crippen molar-refractivity contribution in [1.82, 2.24) is 9.55 Å². The Morgan fingerprint density at radius 2 is 1.89 bits per heavy atom. The Labute approximate surface area is 174 Å². The van der Waals surface area contributed by atoms with Gasteiger partial charge in [0.2, 0.25) is 5.88 Å². The summed E-state index contributed by atoms with van der Waals surface area (Å²) in [4.78, 5) is 19.6. The monoisotopic (exact) mass is 453 g/mol. The van der Waals surface area contributed by atoms with Crippen LogP contribution < -0.4 is 5.56 Å². The topological polar surface area (TPSA) is 70.4 Å². The Hall–Kier alpha value is -2.77. The van der Waals surface area contributed by atoms with Crippen LogP contribution in [-0.2, 0) is 0 Å². The van der Waals surface area contributed by atoms with Gasteiger partial charge < -0.3 is 5.11 Å². The van der Waals surface area contributed by atoms with Crippen LogP contribution in [0.2, 0.25) is 0 Å². The number of fused-ring (bicyclic) bond motifs is 1. The van der Waals surface area contributed by atoms with Gasteiger partial charge in [0, 0.05) is 21.8 Å². The maximum absolute atomic E-state index is 12.6. The predicted octanol–water partition coefficient (Wildman–Crippen LogP) is 5.24. The van der Waals surface area contributed by atoms with Crippen LogP contribution in [0.5, 0.6) is 5.88 Å². The van der Waals surface area contributed by atoms with Crippen molar-refractivity contribution in [2.45, 2.75) is 13.8 Å². The second-order valence-electron chi connectivity index (χ2n) is 6.70. The molecule has 0 atom stereocenters. The van der Waals surface area contributed by atoms with Crippen molar-refractivity contribution in [3.05, 3.63) is 78.2 Å². The molecule has 0 aliphatic carbocycles. The molecule has 0 saturated carbocycles. The molecule has 5 nitrogen and oxygen atoms in total. The Bertz CT molecular complexity index is 1280. The van der Waals surface area contributed by atoms with E-state index in [1.165, 1.54) is 4.57 Å². The summed E-state index contributed by atoms with van der Waals surface area (Å²) in [6.45, 7) is 3.94. The van der Waals surface area contributed by atoms with E-state index in [1.54, 1.807) is 12.3 Å². The summed E-state index contributed by atoms with van der Waals surface area (Å²) in [5.74, 6) is -0.205. The highest BCUT2D eigenvalue weighted by Gasteiger charge is 2.17. The van der Waals surface area contributed by atoms with Crippen LogP contribution in [-0.4, -0.2) is 20.9 Å². The average Bonchev–Trinajstić information content (AvgIpc) is 2.99. The van der Waals surface area contributed by atoms with Crippen molar-refractivity contribution in [3.8, 4) is 11.6 Å². The number of aryl methyl sites for hydroxylation is 2. The molecule has 1 aromatic heterocycles. The number of aromatic nitrogens is 2. The smallest absolute Gasteiger partial charge is 0.262 e. The fourth-order valence-corrected chi connectivity index (χ4v) is 3.96. The van der Waals surface area contributed by atoms with Gasteiger partial charge in [0.25, 0.3) is 5.56 Å². The molecular formula is C21H16BrN3O2S. The first-order chi connectivity index (χ1) is 13.3. The molecule has 2 heterocycles. The summed E-state index contributed by atoms with van der Waals surface area (Å²) in [5, 5.41) is 10.9. The zero-order chi connectivity index (χ0) is 20.0. The number of allylic oxidation sites excluding steroid dienone is 1. The summed E-state index contributed by atoms with van der Waals surface area (Å²) in [7, 11) is 0. The lowest BCUT2D eigenvalue weighted by molar-refractivity contribution is 0.432. The van der Waals surface area contributed by atoms with E-state index in [4.69, 9.17) is 12.2 Å². The highest BCUT2D eigenvalue weighted by atomic mass is 79.9. The van der Waals surface area contributed by atoms with Gasteiger partial charge in [-0.05, 0) is 73.6 Å². The summed E-state index contributed by atoms with van der Waals surface area (Å²) >= 11 is 8.77. The van der Waals surface area contributed by atoms with E-state index < -0.39 is 5.56 Å². The molecule has 0 spiro atoms. The predicted molar refractivity (Wildman–Crippen MR) is 119 cm³/mol. The van der Waals surface area contributed by atoms with Crippen LogP contribution in [0.3, 0.4) is 0 Å². The minimum Gasteiger partial charge on any atom is -0.494 e. The van der Waals surface area contributed by atoms with Crippen molar-refractivity contribution < 1.29 is 5.11 Å². The van der Waals surface area contributed by atoms with E-state index in [2.05, 4.69) is 25.9 Å². The number of hydrogen-bond donors (Lipinski definition) is 2. The van der Waals surface area contributed by atoms with Gasteiger partial charge in [0.15, 0.2) is 4.77 Å². The second-order valence-corrected chi connectivity index (χ2v) is 8.00. The largest absolute Gasteiger partial charge is 0.494 e. The van der Waals surface area contributed by atoms with Crippen LogP contribution in [0.25, 0.3) is 17.3 Å². The quantitative estimate of drug-likeness (QED) is 0.521. The minimum atomic E-state index is -0.451. The number of aliphatic imine (C=N–C) groups is 1. The number of nitrogens with one attached hydrogen (secondary N) is 1. The fraction of sp³-hybridized carbons (Fsp3) is 0.0952. The summed E-state index contributed by atoms with van der Waals surface area (Å²) in [5.41, 5.74) is 4.86. The Balaban J connectivity index is 1.94. The van der Waals surface area contributed by atoms with Crippen LogP contribution in [0.1, 0.15) is 22.3 Å². The molecule has 0 saturated heterocycles. The van der Waals surface area contributed by atoms with Gasteiger partial charge in [0.1, 0.15) is 5.56 Å². The van der Waals surface area contributed by atoms with E-state index >= 15 is 0 Å². The van der Waals surface area contributed by atoms with Crippen molar-refractivity contribution in [1.29, 1.82) is 0 Å². The molecule has 1 aliphatic rings. The fourth-order valence-electron chi connectivity index (χ4n) is 3.32. The van der Waals surface area contributed by atoms with Gasteiger partial charge in [0.05, 0.1) is 11.4 Å². The first-order valence-electron chi connectivity index (χ1n) is 8.56. The molecule has 0 unspecified atom stereocenters. The van der Waals surface area contributed by atoms with Gasteiger partial charge in [-0.3, -0.25) is 19.3 Å². The molecule has 140 valence electrons. The molecule has 2 N–H and O–H groups in total. The number of rotatable bonds is 2. The minimum absolute atomic E-state index is 0.127. The molecule has 0 fully saturated rings. The molecule has 0 amide bonds. The third kappa shape index (κ3) is 3.27. The maximum Gasteiger partial charge on any atom is 0.262 e. The van der Waals surface area contributed by atoms with Gasteiger partial charge in [-0.1, -0.05) is 22.0 Å². The number of aromatic hydroxyl groups is 1. The third-order valence-electron chi connectivity index (χ3n) is 4.50. The van der Waals surface area contributed by atoms with Crippen molar-refractivity contribution in [2.75, 3.05) is 0 Å². The van der Waals surface area contributed by atoms with E-state index in [1.807, 2.05) is 50.2 Å². The van der Waals surface area contributed by atoms with E-state index in [0.29, 0.717) is 5.69 Å². The van der Waals surface area contributed by atoms with Crippen LogP contribution in [0.4, 0.5) is 5.69 Å². The standard InChI is InChI=1S/C21H16BrN3O2S/c1-11-5-12(2)7-15(6-11)25-20(27)17(19(26)24-21(25)28)8-13-10-23-18-4-3-14(22)9-16(13)18/h3-10,27H,1-2H3,(H,24,26,28)/b13-8-. The van der Waals surface area contributed by atoms with Crippen molar-refractivity contribution >= 4 is 51.7 Å². The third-order valence-corrected chi connectivity index (χ3v) is 5.28. The van der Waals surface area contributed by atoms with Crippen LogP contribution in [0, 0.1) is 18.6 Å². The van der Waals surface area contributed by atoms with Crippen molar-refractivity contribution in [3.63, 3.8) is 0 Å². The lowest BCUT2D eigenvalue weighted by Gasteiger charge is -2.13. The zero-order valence-corrected chi connectivity index (χ0v) is 17.6. The number of nitrogens with zero attached hydrogens (tertiary/aromatic N) is 2. The van der Waals surface area contributed by atoms with E-state index in [9.17, 15) is 9.90 Å². The average molecular weight is 454 g/mol. The first kappa shape index (κ1) is 18.6. The number of H-pyrrole nitrogens is 1. The van der Waals surface area contributed by atoms with Gasteiger partial charge in [-0.15, -0.1) is 0 Å². The van der Waals surface area contributed by atoms with E-state index in [-0.39, 0.29) is 16.2 Å². The van der Waals surface area contributed by atoms with Gasteiger partial charge >= 0.3 is 0 Å². The van der Waals surface area contributed by atoms with Crippen molar-refractivity contribution in [2.24, 2.45) is 4.99 Å². The lowest BCUT2D eigenvalue weighted by atomic mass is 10.1. The number of aromatic amines is 1. The molecular weight excluding hydrogens is 438 g/mol. The SMILES string of the molecule is Cc1cc(C)cc(-n2c(O)c(/C=C3/C=Nc4ccc(Br)cc43)c(=O)[nH]c2=S)c1. The number of hydrogen-bond acceptors (Lipinski definition) is 4.